The van der Waals surface area contributed by atoms with Crippen molar-refractivity contribution >= 4 is 38.5 Å². The second-order valence-electron chi connectivity index (χ2n) is 10.3. The summed E-state index contributed by atoms with van der Waals surface area (Å²) < 4.78 is 33.4. The number of rotatable bonds is 3. The number of benzene rings is 3. The summed E-state index contributed by atoms with van der Waals surface area (Å²) in [6.45, 7) is 4.88. The second kappa shape index (κ2) is 12.0. The van der Waals surface area contributed by atoms with Gasteiger partial charge in [-0.05, 0) is 66.8 Å². The van der Waals surface area contributed by atoms with Crippen LogP contribution in [0, 0.1) is 13.0 Å². The van der Waals surface area contributed by atoms with Crippen LogP contribution in [-0.2, 0) is 24.9 Å². The van der Waals surface area contributed by atoms with Crippen LogP contribution in [0.4, 0.5) is 8.78 Å². The SMILES string of the molecule is CC(=O)/C=C(/C)O.Cc1[c-]c(-c2nccc3cc(C4CCC(F)(F)CC4)ccc23)c2oc3ccccc3c2c1.[Ir]. The molecule has 4 nitrogen and oxygen atoms in total. The van der Waals surface area contributed by atoms with Crippen LogP contribution in [0.5, 0.6) is 0 Å². The van der Waals surface area contributed by atoms with Crippen molar-refractivity contribution in [1.29, 1.82) is 0 Å². The van der Waals surface area contributed by atoms with Crippen LogP contribution in [0.1, 0.15) is 56.6 Å². The van der Waals surface area contributed by atoms with Crippen LogP contribution >= 0.6 is 0 Å². The van der Waals surface area contributed by atoms with E-state index in [1.807, 2.05) is 31.2 Å². The second-order valence-corrected chi connectivity index (χ2v) is 10.3. The molecule has 1 radical (unpaired) electrons. The predicted octanol–water partition coefficient (Wildman–Crippen LogP) is 9.24. The molecule has 1 fully saturated rings. The normalized spacial score (nSPS) is 15.5. The molecule has 0 unspecified atom stereocenters. The zero-order valence-electron chi connectivity index (χ0n) is 22.6. The number of para-hydroxylation sites is 1. The molecule has 0 atom stereocenters. The number of aromatic nitrogens is 1. The maximum absolute atomic E-state index is 13.6. The summed E-state index contributed by atoms with van der Waals surface area (Å²) >= 11 is 0. The number of fused-ring (bicyclic) bond motifs is 4. The number of ketones is 1. The smallest absolute Gasteiger partial charge is 0.248 e. The first-order chi connectivity index (χ1) is 18.6. The molecule has 1 aliphatic carbocycles. The van der Waals surface area contributed by atoms with Gasteiger partial charge in [0.25, 0.3) is 0 Å². The van der Waals surface area contributed by atoms with Crippen molar-refractivity contribution in [3.05, 3.63) is 89.8 Å². The van der Waals surface area contributed by atoms with Gasteiger partial charge in [0.05, 0.1) is 11.3 Å². The summed E-state index contributed by atoms with van der Waals surface area (Å²) in [5.41, 5.74) is 5.48. The fourth-order valence-electron chi connectivity index (χ4n) is 5.38. The zero-order chi connectivity index (χ0) is 27.7. The summed E-state index contributed by atoms with van der Waals surface area (Å²) in [5.74, 6) is -2.39. The zero-order valence-corrected chi connectivity index (χ0v) is 25.0. The molecule has 6 rings (SSSR count). The van der Waals surface area contributed by atoms with Gasteiger partial charge in [-0.2, -0.15) is 0 Å². The van der Waals surface area contributed by atoms with Gasteiger partial charge in [-0.15, -0.1) is 17.7 Å². The van der Waals surface area contributed by atoms with Crippen LogP contribution in [0.2, 0.25) is 0 Å². The molecule has 2 heterocycles. The van der Waals surface area contributed by atoms with Crippen LogP contribution in [0.3, 0.4) is 0 Å². The molecule has 1 saturated carbocycles. The number of aliphatic hydroxyl groups is 1. The molecule has 0 aliphatic heterocycles. The molecule has 3 aromatic carbocycles. The van der Waals surface area contributed by atoms with Crippen molar-refractivity contribution in [2.24, 2.45) is 0 Å². The number of nitrogens with zero attached hydrogens (tertiary/aromatic N) is 1. The molecule has 5 aromatic rings. The molecule has 0 amide bonds. The van der Waals surface area contributed by atoms with Crippen LogP contribution in [0.15, 0.2) is 77.0 Å². The van der Waals surface area contributed by atoms with Gasteiger partial charge in [0.1, 0.15) is 5.58 Å². The molecule has 0 spiro atoms. The van der Waals surface area contributed by atoms with Crippen molar-refractivity contribution in [1.82, 2.24) is 4.98 Å². The monoisotopic (exact) mass is 719 g/mol. The number of carbonyl (C=O) groups excluding carboxylic acids is 1. The number of aryl methyl sites for hydroxylation is 1. The van der Waals surface area contributed by atoms with E-state index in [9.17, 15) is 13.6 Å². The van der Waals surface area contributed by atoms with Gasteiger partial charge in [0.15, 0.2) is 5.78 Å². The van der Waals surface area contributed by atoms with Crippen molar-refractivity contribution in [3.63, 3.8) is 0 Å². The summed E-state index contributed by atoms with van der Waals surface area (Å²) in [4.78, 5) is 14.7. The summed E-state index contributed by atoms with van der Waals surface area (Å²) in [7, 11) is 0. The maximum Gasteiger partial charge on any atom is 0.248 e. The van der Waals surface area contributed by atoms with Gasteiger partial charge >= 0.3 is 0 Å². The minimum absolute atomic E-state index is 0. The van der Waals surface area contributed by atoms with E-state index in [2.05, 4.69) is 36.4 Å². The quantitative estimate of drug-likeness (QED) is 0.115. The number of hydrogen-bond donors (Lipinski definition) is 1. The fourth-order valence-corrected chi connectivity index (χ4v) is 5.38. The third-order valence-electron chi connectivity index (χ3n) is 7.17. The molecular weight excluding hydrogens is 689 g/mol. The maximum atomic E-state index is 13.6. The van der Waals surface area contributed by atoms with Crippen molar-refractivity contribution < 1.29 is 43.2 Å². The molecular formula is C33H30F2IrNO3-. The minimum atomic E-state index is -2.51. The van der Waals surface area contributed by atoms with Gasteiger partial charge in [-0.1, -0.05) is 54.3 Å². The molecule has 1 N–H and O–H groups in total. The van der Waals surface area contributed by atoms with Gasteiger partial charge in [0, 0.05) is 50.6 Å². The average Bonchev–Trinajstić information content (AvgIpc) is 3.26. The first-order valence-electron chi connectivity index (χ1n) is 13.1. The third-order valence-corrected chi connectivity index (χ3v) is 7.17. The van der Waals surface area contributed by atoms with Gasteiger partial charge in [0.2, 0.25) is 5.92 Å². The predicted molar refractivity (Wildman–Crippen MR) is 151 cm³/mol. The number of alkyl halides is 2. The molecule has 0 saturated heterocycles. The number of hydrogen-bond acceptors (Lipinski definition) is 4. The van der Waals surface area contributed by atoms with E-state index < -0.39 is 5.92 Å². The third kappa shape index (κ3) is 6.32. The number of aliphatic hydroxyl groups excluding tert-OH is 1. The first-order valence-corrected chi connectivity index (χ1v) is 13.1. The number of allylic oxidation sites excluding steroid dienone is 2. The Kier molecular flexibility index (Phi) is 8.86. The van der Waals surface area contributed by atoms with Crippen molar-refractivity contribution in [3.8, 4) is 11.3 Å². The Labute approximate surface area is 245 Å². The van der Waals surface area contributed by atoms with Gasteiger partial charge < -0.3 is 14.5 Å². The Morgan fingerprint density at radius 2 is 1.77 bits per heavy atom. The Morgan fingerprint density at radius 3 is 2.45 bits per heavy atom. The van der Waals surface area contributed by atoms with Gasteiger partial charge in [-0.3, -0.25) is 4.79 Å². The average molecular weight is 719 g/mol. The van der Waals surface area contributed by atoms with Gasteiger partial charge in [-0.25, -0.2) is 8.78 Å². The van der Waals surface area contributed by atoms with E-state index in [0.717, 1.165) is 55.1 Å². The Morgan fingerprint density at radius 1 is 1.05 bits per heavy atom. The fraction of sp³-hybridized carbons (Fsp3) is 0.273. The van der Waals surface area contributed by atoms with Crippen molar-refractivity contribution in [2.75, 3.05) is 0 Å². The number of carbonyl (C=O) groups is 1. The van der Waals surface area contributed by atoms with E-state index in [4.69, 9.17) is 14.5 Å². The number of furan rings is 1. The van der Waals surface area contributed by atoms with Crippen LogP contribution in [0.25, 0.3) is 44.0 Å². The van der Waals surface area contributed by atoms with E-state index in [-0.39, 0.29) is 50.4 Å². The van der Waals surface area contributed by atoms with E-state index in [0.29, 0.717) is 12.8 Å². The van der Waals surface area contributed by atoms with E-state index >= 15 is 0 Å². The number of pyridine rings is 1. The molecule has 209 valence electrons. The largest absolute Gasteiger partial charge is 0.512 e. The first kappa shape index (κ1) is 29.6. The summed E-state index contributed by atoms with van der Waals surface area (Å²) in [6, 6.07) is 21.9. The summed E-state index contributed by atoms with van der Waals surface area (Å²) in [6.07, 6.45) is 3.98. The Hall–Kier alpha value is -3.41. The Balaban J connectivity index is 0.000000413. The molecule has 7 heteroatoms. The standard InChI is InChI=1S/C28H22F2NO.C5H8O2.Ir/c1-17-14-23-22-4-2-3-5-25(22)32-27(23)24(15-17)26-21-7-6-19(16-20(21)10-13-31-26)18-8-11-28(29,30)12-9-18;1-4(6)3-5(2)7;/h2-7,10,13-14,16,18H,8-9,11-12H2,1H3;3,6H,1-2H3;/q-1;;/b;4-3-;. The Bertz CT molecular complexity index is 1710. The minimum Gasteiger partial charge on any atom is -0.512 e. The molecule has 1 aliphatic rings. The number of halogens is 2. The topological polar surface area (TPSA) is 63.3 Å². The molecule has 0 bridgehead atoms. The molecule has 2 aromatic heterocycles. The summed E-state index contributed by atoms with van der Waals surface area (Å²) in [5, 5.41) is 12.6. The van der Waals surface area contributed by atoms with Crippen LogP contribution < -0.4 is 0 Å². The van der Waals surface area contributed by atoms with E-state index in [1.165, 1.54) is 19.9 Å². The van der Waals surface area contributed by atoms with E-state index in [1.54, 1.807) is 6.20 Å². The molecule has 40 heavy (non-hydrogen) atoms. The van der Waals surface area contributed by atoms with Crippen molar-refractivity contribution in [2.45, 2.75) is 58.3 Å². The van der Waals surface area contributed by atoms with Crippen LogP contribution in [-0.4, -0.2) is 21.8 Å².